The van der Waals surface area contributed by atoms with E-state index in [-0.39, 0.29) is 5.69 Å². The highest BCUT2D eigenvalue weighted by atomic mass is 79.9. The van der Waals surface area contributed by atoms with E-state index in [1.54, 1.807) is 0 Å². The van der Waals surface area contributed by atoms with Crippen LogP contribution in [-0.2, 0) is 5.33 Å². The van der Waals surface area contributed by atoms with E-state index in [0.717, 1.165) is 11.1 Å². The molecule has 1 aromatic heterocycles. The van der Waals surface area contributed by atoms with Gasteiger partial charge in [0, 0.05) is 22.7 Å². The van der Waals surface area contributed by atoms with Crippen molar-refractivity contribution in [3.05, 3.63) is 47.3 Å². The lowest BCUT2D eigenvalue weighted by Crippen LogP contribution is -2.01. The third kappa shape index (κ3) is 2.56. The average Bonchev–Trinajstić information content (AvgIpc) is 2.38. The normalized spacial score (nSPS) is 10.9. The van der Waals surface area contributed by atoms with E-state index in [1.165, 1.54) is 6.20 Å². The van der Waals surface area contributed by atoms with Gasteiger partial charge < -0.3 is 0 Å². The van der Waals surface area contributed by atoms with Crippen LogP contribution in [-0.4, -0.2) is 9.97 Å². The van der Waals surface area contributed by atoms with Gasteiger partial charge in [0.05, 0.1) is 0 Å². The van der Waals surface area contributed by atoms with Crippen molar-refractivity contribution < 1.29 is 8.78 Å². The zero-order valence-electron chi connectivity index (χ0n) is 9.70. The van der Waals surface area contributed by atoms with Crippen molar-refractivity contribution in [1.82, 2.24) is 9.97 Å². The predicted octanol–water partition coefficient (Wildman–Crippen LogP) is 4.28. The first-order chi connectivity index (χ1) is 8.63. The highest BCUT2D eigenvalue weighted by Crippen LogP contribution is 2.26. The maximum absolute atomic E-state index is 12.9. The van der Waals surface area contributed by atoms with Crippen molar-refractivity contribution in [1.29, 1.82) is 0 Å². The highest BCUT2D eigenvalue weighted by Gasteiger charge is 2.16. The van der Waals surface area contributed by atoms with Crippen LogP contribution in [0.4, 0.5) is 8.78 Å². The maximum atomic E-state index is 12.9. The Morgan fingerprint density at radius 3 is 2.61 bits per heavy atom. The lowest BCUT2D eigenvalue weighted by atomic mass is 10.1. The Morgan fingerprint density at radius 2 is 2.00 bits per heavy atom. The second-order valence-corrected chi connectivity index (χ2v) is 4.41. The highest BCUT2D eigenvalue weighted by molar-refractivity contribution is 9.08. The number of hydrogen-bond acceptors (Lipinski definition) is 2. The van der Waals surface area contributed by atoms with Gasteiger partial charge in [0.15, 0.2) is 5.82 Å². The number of aromatic nitrogens is 2. The van der Waals surface area contributed by atoms with Crippen LogP contribution in [0.25, 0.3) is 11.4 Å². The molecule has 0 N–H and O–H groups in total. The molecule has 18 heavy (non-hydrogen) atoms. The van der Waals surface area contributed by atoms with Gasteiger partial charge in [-0.15, -0.1) is 0 Å². The van der Waals surface area contributed by atoms with Crippen molar-refractivity contribution >= 4 is 15.9 Å². The van der Waals surface area contributed by atoms with Crippen LogP contribution in [0.1, 0.15) is 23.2 Å². The molecule has 5 heteroatoms. The monoisotopic (exact) mass is 312 g/mol. The molecule has 0 radical (unpaired) electrons. The van der Waals surface area contributed by atoms with Crippen LogP contribution in [0, 0.1) is 6.92 Å². The largest absolute Gasteiger partial charge is 0.280 e. The second-order valence-electron chi connectivity index (χ2n) is 3.85. The summed E-state index contributed by atoms with van der Waals surface area (Å²) >= 11 is 3.16. The number of benzene rings is 1. The summed E-state index contributed by atoms with van der Waals surface area (Å²) in [6, 6.07) is 7.46. The second kappa shape index (κ2) is 5.52. The first-order valence-electron chi connectivity index (χ1n) is 5.39. The van der Waals surface area contributed by atoms with Crippen molar-refractivity contribution in [2.75, 3.05) is 0 Å². The smallest absolute Gasteiger partial charge is 0.236 e. The van der Waals surface area contributed by atoms with Gasteiger partial charge in [0.2, 0.25) is 0 Å². The van der Waals surface area contributed by atoms with Crippen LogP contribution < -0.4 is 0 Å². The first kappa shape index (κ1) is 13.1. The number of halogens is 3. The fourth-order valence-corrected chi connectivity index (χ4v) is 2.10. The van der Waals surface area contributed by atoms with E-state index >= 15 is 0 Å². The standard InChI is InChI=1S/C13H11BrF2N2/c1-8-4-2-3-5-10(8)13-17-7-9(6-14)11(18-13)12(15)16/h2-5,7,12H,6H2,1H3. The number of aryl methyl sites for hydroxylation is 1. The Hall–Kier alpha value is -1.36. The Morgan fingerprint density at radius 1 is 1.28 bits per heavy atom. The average molecular weight is 313 g/mol. The summed E-state index contributed by atoms with van der Waals surface area (Å²) in [5.41, 5.74) is 1.95. The number of alkyl halides is 3. The summed E-state index contributed by atoms with van der Waals surface area (Å²) in [4.78, 5) is 8.13. The summed E-state index contributed by atoms with van der Waals surface area (Å²) in [5, 5.41) is 0.320. The third-order valence-electron chi connectivity index (χ3n) is 2.63. The minimum atomic E-state index is -2.59. The molecule has 0 bridgehead atoms. The van der Waals surface area contributed by atoms with Crippen molar-refractivity contribution in [2.45, 2.75) is 18.7 Å². The Balaban J connectivity index is 2.54. The van der Waals surface area contributed by atoms with Gasteiger partial charge in [-0.25, -0.2) is 18.7 Å². The lowest BCUT2D eigenvalue weighted by molar-refractivity contribution is 0.145. The van der Waals surface area contributed by atoms with Crippen LogP contribution in [0.3, 0.4) is 0 Å². The molecule has 0 fully saturated rings. The molecule has 1 aromatic carbocycles. The minimum absolute atomic E-state index is 0.208. The van der Waals surface area contributed by atoms with E-state index < -0.39 is 6.43 Å². The summed E-state index contributed by atoms with van der Waals surface area (Å²) < 4.78 is 25.8. The number of hydrogen-bond donors (Lipinski definition) is 0. The molecule has 0 amide bonds. The van der Waals surface area contributed by atoms with Crippen LogP contribution in [0.2, 0.25) is 0 Å². The topological polar surface area (TPSA) is 25.8 Å². The van der Waals surface area contributed by atoms with Crippen LogP contribution in [0.15, 0.2) is 30.5 Å². The van der Waals surface area contributed by atoms with Gasteiger partial charge in [-0.05, 0) is 12.5 Å². The Bertz CT molecular complexity index is 558. The van der Waals surface area contributed by atoms with Crippen molar-refractivity contribution in [2.24, 2.45) is 0 Å². The minimum Gasteiger partial charge on any atom is -0.236 e. The van der Waals surface area contributed by atoms with E-state index in [9.17, 15) is 8.78 Å². The summed E-state index contributed by atoms with van der Waals surface area (Å²) in [7, 11) is 0. The zero-order chi connectivity index (χ0) is 13.1. The predicted molar refractivity (Wildman–Crippen MR) is 69.8 cm³/mol. The molecule has 0 atom stereocenters. The quantitative estimate of drug-likeness (QED) is 0.790. The third-order valence-corrected chi connectivity index (χ3v) is 3.24. The van der Waals surface area contributed by atoms with Gasteiger partial charge in [-0.1, -0.05) is 40.2 Å². The van der Waals surface area contributed by atoms with Crippen molar-refractivity contribution in [3.63, 3.8) is 0 Å². The summed E-state index contributed by atoms with van der Waals surface area (Å²) in [6.45, 7) is 1.90. The van der Waals surface area contributed by atoms with Gasteiger partial charge in [0.1, 0.15) is 5.69 Å². The molecule has 0 aliphatic rings. The van der Waals surface area contributed by atoms with Crippen LogP contribution >= 0.6 is 15.9 Å². The molecule has 2 nitrogen and oxygen atoms in total. The molecule has 1 heterocycles. The van der Waals surface area contributed by atoms with Gasteiger partial charge >= 0.3 is 0 Å². The van der Waals surface area contributed by atoms with Gasteiger partial charge in [0.25, 0.3) is 6.43 Å². The number of nitrogens with zero attached hydrogens (tertiary/aromatic N) is 2. The number of rotatable bonds is 3. The van der Waals surface area contributed by atoms with E-state index in [2.05, 4.69) is 25.9 Å². The van der Waals surface area contributed by atoms with Gasteiger partial charge in [-0.3, -0.25) is 0 Å². The Labute approximate surface area is 112 Å². The van der Waals surface area contributed by atoms with E-state index in [4.69, 9.17) is 0 Å². The maximum Gasteiger partial charge on any atom is 0.280 e. The fourth-order valence-electron chi connectivity index (χ4n) is 1.67. The van der Waals surface area contributed by atoms with E-state index in [1.807, 2.05) is 31.2 Å². The Kier molecular flexibility index (Phi) is 4.01. The van der Waals surface area contributed by atoms with Crippen molar-refractivity contribution in [3.8, 4) is 11.4 Å². The molecule has 0 spiro atoms. The molecule has 2 aromatic rings. The molecular formula is C13H11BrF2N2. The molecule has 0 saturated heterocycles. The molecule has 94 valence electrons. The van der Waals surface area contributed by atoms with E-state index in [0.29, 0.717) is 16.7 Å². The molecule has 0 saturated carbocycles. The fraction of sp³-hybridized carbons (Fsp3) is 0.231. The molecule has 0 unspecified atom stereocenters. The van der Waals surface area contributed by atoms with Crippen LogP contribution in [0.5, 0.6) is 0 Å². The summed E-state index contributed by atoms with van der Waals surface area (Å²) in [5.74, 6) is 0.341. The first-order valence-corrected chi connectivity index (χ1v) is 6.51. The lowest BCUT2D eigenvalue weighted by Gasteiger charge is -2.09. The summed E-state index contributed by atoms with van der Waals surface area (Å²) in [6.07, 6.45) is -1.14. The molecule has 2 rings (SSSR count). The molecule has 0 aliphatic carbocycles. The molecular weight excluding hydrogens is 302 g/mol. The van der Waals surface area contributed by atoms with Gasteiger partial charge in [-0.2, -0.15) is 0 Å². The zero-order valence-corrected chi connectivity index (χ0v) is 11.3. The molecule has 0 aliphatic heterocycles. The SMILES string of the molecule is Cc1ccccc1-c1ncc(CBr)c(C(F)F)n1.